The third kappa shape index (κ3) is 1.13. The molecule has 0 aliphatic heterocycles. The molecule has 0 saturated heterocycles. The number of hydrogen-bond acceptors (Lipinski definition) is 4. The highest BCUT2D eigenvalue weighted by molar-refractivity contribution is 5.86. The Kier molecular flexibility index (Phi) is 1.47. The van der Waals surface area contributed by atoms with E-state index in [4.69, 9.17) is 0 Å². The minimum Gasteiger partial charge on any atom is -0.365 e. The van der Waals surface area contributed by atoms with Crippen LogP contribution in [0, 0.1) is 6.92 Å². The van der Waals surface area contributed by atoms with E-state index < -0.39 is 0 Å². The van der Waals surface area contributed by atoms with Crippen molar-refractivity contribution in [1.29, 1.82) is 0 Å². The van der Waals surface area contributed by atoms with Crippen molar-refractivity contribution in [2.45, 2.75) is 25.8 Å². The highest BCUT2D eigenvalue weighted by atomic mass is 15.2. The number of nitrogens with zero attached hydrogens (tertiary/aromatic N) is 3. The molecule has 0 amide bonds. The van der Waals surface area contributed by atoms with Crippen LogP contribution >= 0.6 is 0 Å². The molecule has 3 rings (SSSR count). The molecule has 14 heavy (non-hydrogen) atoms. The second-order valence-electron chi connectivity index (χ2n) is 3.69. The number of aromatic amines is 1. The summed E-state index contributed by atoms with van der Waals surface area (Å²) in [5, 5.41) is 10.4. The lowest BCUT2D eigenvalue weighted by Gasteiger charge is -2.02. The highest BCUT2D eigenvalue weighted by Crippen LogP contribution is 2.26. The lowest BCUT2D eigenvalue weighted by molar-refractivity contribution is 1.06. The minimum atomic E-state index is 0.588. The Morgan fingerprint density at radius 1 is 1.36 bits per heavy atom. The molecule has 0 bridgehead atoms. The molecular formula is C9H11N5. The van der Waals surface area contributed by atoms with E-state index in [0.29, 0.717) is 6.04 Å². The van der Waals surface area contributed by atoms with E-state index in [1.54, 1.807) is 6.33 Å². The average Bonchev–Trinajstić information content (AvgIpc) is 2.92. The summed E-state index contributed by atoms with van der Waals surface area (Å²) in [6.07, 6.45) is 4.04. The number of hydrogen-bond donors (Lipinski definition) is 2. The SMILES string of the molecule is Cc1[nH]nc2c(NC3CC3)ncnc12. The molecule has 0 radical (unpaired) electrons. The zero-order chi connectivity index (χ0) is 9.54. The smallest absolute Gasteiger partial charge is 0.158 e. The summed E-state index contributed by atoms with van der Waals surface area (Å²) in [7, 11) is 0. The molecule has 1 fully saturated rings. The molecule has 2 heterocycles. The molecule has 2 aromatic heterocycles. The van der Waals surface area contributed by atoms with Crippen LogP contribution in [-0.2, 0) is 0 Å². The molecule has 72 valence electrons. The van der Waals surface area contributed by atoms with E-state index in [-0.39, 0.29) is 0 Å². The lowest BCUT2D eigenvalue weighted by Crippen LogP contribution is -2.03. The summed E-state index contributed by atoms with van der Waals surface area (Å²) in [5.41, 5.74) is 2.74. The monoisotopic (exact) mass is 189 g/mol. The maximum absolute atomic E-state index is 4.20. The van der Waals surface area contributed by atoms with Crippen molar-refractivity contribution in [3.05, 3.63) is 12.0 Å². The number of fused-ring (bicyclic) bond motifs is 1. The van der Waals surface area contributed by atoms with Crippen molar-refractivity contribution in [1.82, 2.24) is 20.2 Å². The van der Waals surface area contributed by atoms with Crippen LogP contribution in [-0.4, -0.2) is 26.2 Å². The summed E-state index contributed by atoms with van der Waals surface area (Å²) < 4.78 is 0. The van der Waals surface area contributed by atoms with Gasteiger partial charge in [0.25, 0.3) is 0 Å². The highest BCUT2D eigenvalue weighted by Gasteiger charge is 2.23. The summed E-state index contributed by atoms with van der Waals surface area (Å²) in [5.74, 6) is 0.849. The van der Waals surface area contributed by atoms with Crippen LogP contribution in [0.15, 0.2) is 6.33 Å². The van der Waals surface area contributed by atoms with Gasteiger partial charge in [0.15, 0.2) is 11.3 Å². The molecule has 0 aromatic carbocycles. The fraction of sp³-hybridized carbons (Fsp3) is 0.444. The van der Waals surface area contributed by atoms with Crippen LogP contribution in [0.4, 0.5) is 5.82 Å². The average molecular weight is 189 g/mol. The van der Waals surface area contributed by atoms with Crippen LogP contribution in [0.25, 0.3) is 11.0 Å². The van der Waals surface area contributed by atoms with E-state index in [9.17, 15) is 0 Å². The summed E-state index contributed by atoms with van der Waals surface area (Å²) >= 11 is 0. The standard InChI is InChI=1S/C9H11N5/c1-5-7-8(14-13-5)9(11-4-10-7)12-6-2-3-6/h4,6H,2-3H2,1H3,(H,13,14)(H,10,11,12). The van der Waals surface area contributed by atoms with Crippen molar-refractivity contribution in [3.63, 3.8) is 0 Å². The molecule has 0 spiro atoms. The van der Waals surface area contributed by atoms with Gasteiger partial charge in [-0.2, -0.15) is 5.10 Å². The van der Waals surface area contributed by atoms with Gasteiger partial charge in [-0.25, -0.2) is 9.97 Å². The molecule has 0 atom stereocenters. The van der Waals surface area contributed by atoms with E-state index in [2.05, 4.69) is 25.5 Å². The van der Waals surface area contributed by atoms with Crippen molar-refractivity contribution >= 4 is 16.9 Å². The molecular weight excluding hydrogens is 178 g/mol. The van der Waals surface area contributed by atoms with Crippen LogP contribution in [0.2, 0.25) is 0 Å². The first kappa shape index (κ1) is 7.73. The van der Waals surface area contributed by atoms with Gasteiger partial charge in [0, 0.05) is 6.04 Å². The first-order valence-corrected chi connectivity index (χ1v) is 4.77. The summed E-state index contributed by atoms with van der Waals surface area (Å²) in [6.45, 7) is 1.96. The summed E-state index contributed by atoms with van der Waals surface area (Å²) in [6, 6.07) is 0.588. The summed E-state index contributed by atoms with van der Waals surface area (Å²) in [4.78, 5) is 8.38. The Morgan fingerprint density at radius 3 is 3.00 bits per heavy atom. The van der Waals surface area contributed by atoms with E-state index >= 15 is 0 Å². The lowest BCUT2D eigenvalue weighted by atomic mass is 10.3. The molecule has 5 nitrogen and oxygen atoms in total. The van der Waals surface area contributed by atoms with Gasteiger partial charge in [-0.1, -0.05) is 0 Å². The number of aromatic nitrogens is 4. The van der Waals surface area contributed by atoms with Gasteiger partial charge in [0.2, 0.25) is 0 Å². The van der Waals surface area contributed by atoms with Gasteiger partial charge >= 0.3 is 0 Å². The van der Waals surface area contributed by atoms with Crippen molar-refractivity contribution in [2.24, 2.45) is 0 Å². The predicted octanol–water partition coefficient (Wildman–Crippen LogP) is 1.24. The van der Waals surface area contributed by atoms with Gasteiger partial charge in [0.05, 0.1) is 5.69 Å². The number of nitrogens with one attached hydrogen (secondary N) is 2. The third-order valence-electron chi connectivity index (χ3n) is 2.43. The van der Waals surface area contributed by atoms with Crippen LogP contribution < -0.4 is 5.32 Å². The minimum absolute atomic E-state index is 0.588. The fourth-order valence-electron chi connectivity index (χ4n) is 1.48. The van der Waals surface area contributed by atoms with Crippen LogP contribution in [0.1, 0.15) is 18.5 Å². The molecule has 2 aromatic rings. The van der Waals surface area contributed by atoms with Crippen molar-refractivity contribution < 1.29 is 0 Å². The first-order valence-electron chi connectivity index (χ1n) is 4.77. The van der Waals surface area contributed by atoms with Gasteiger partial charge in [-0.3, -0.25) is 5.10 Å². The zero-order valence-corrected chi connectivity index (χ0v) is 7.91. The second-order valence-corrected chi connectivity index (χ2v) is 3.69. The molecule has 1 aliphatic rings. The Morgan fingerprint density at radius 2 is 2.21 bits per heavy atom. The Labute approximate surface area is 81.0 Å². The number of rotatable bonds is 2. The molecule has 1 saturated carbocycles. The third-order valence-corrected chi connectivity index (χ3v) is 2.43. The molecule has 0 unspecified atom stereocenters. The Balaban J connectivity index is 2.12. The topological polar surface area (TPSA) is 66.5 Å². The van der Waals surface area contributed by atoms with Crippen molar-refractivity contribution in [2.75, 3.05) is 5.32 Å². The number of H-pyrrole nitrogens is 1. The van der Waals surface area contributed by atoms with E-state index in [1.807, 2.05) is 6.92 Å². The predicted molar refractivity (Wildman–Crippen MR) is 53.1 cm³/mol. The van der Waals surface area contributed by atoms with Gasteiger partial charge in [-0.05, 0) is 19.8 Å². The normalized spacial score (nSPS) is 16.1. The second kappa shape index (κ2) is 2.67. The molecule has 2 N–H and O–H groups in total. The maximum atomic E-state index is 4.20. The number of anilines is 1. The Bertz CT molecular complexity index is 471. The zero-order valence-electron chi connectivity index (χ0n) is 7.91. The molecule has 5 heteroatoms. The van der Waals surface area contributed by atoms with Gasteiger partial charge < -0.3 is 5.32 Å². The fourth-order valence-corrected chi connectivity index (χ4v) is 1.48. The van der Waals surface area contributed by atoms with Crippen LogP contribution in [0.5, 0.6) is 0 Å². The van der Waals surface area contributed by atoms with E-state index in [1.165, 1.54) is 12.8 Å². The van der Waals surface area contributed by atoms with Gasteiger partial charge in [0.1, 0.15) is 11.8 Å². The largest absolute Gasteiger partial charge is 0.365 e. The Hall–Kier alpha value is -1.65. The maximum Gasteiger partial charge on any atom is 0.158 e. The quantitative estimate of drug-likeness (QED) is 0.745. The van der Waals surface area contributed by atoms with Crippen LogP contribution in [0.3, 0.4) is 0 Å². The number of aryl methyl sites for hydroxylation is 1. The van der Waals surface area contributed by atoms with Crippen molar-refractivity contribution in [3.8, 4) is 0 Å². The first-order chi connectivity index (χ1) is 6.84. The van der Waals surface area contributed by atoms with E-state index in [0.717, 1.165) is 22.5 Å². The van der Waals surface area contributed by atoms with Gasteiger partial charge in [-0.15, -0.1) is 0 Å². The molecule has 1 aliphatic carbocycles.